The molecule has 1 amide bonds. The molecule has 2 heterocycles. The maximum Gasteiger partial charge on any atom is 0.290 e. The molecule has 1 aliphatic heterocycles. The monoisotopic (exact) mass is 493 g/mol. The van der Waals surface area contributed by atoms with Gasteiger partial charge in [-0.2, -0.15) is 0 Å². The molecule has 0 spiro atoms. The van der Waals surface area contributed by atoms with Gasteiger partial charge in [-0.3, -0.25) is 9.59 Å². The molecular weight excluding hydrogens is 466 g/mol. The van der Waals surface area contributed by atoms with E-state index in [0.717, 1.165) is 5.56 Å². The summed E-state index contributed by atoms with van der Waals surface area (Å²) in [5.74, 6) is -0.660. The van der Waals surface area contributed by atoms with Crippen LogP contribution in [-0.2, 0) is 11.2 Å². The molecule has 0 radical (unpaired) electrons. The van der Waals surface area contributed by atoms with E-state index >= 15 is 0 Å². The molecule has 0 saturated heterocycles. The number of methoxy groups -OCH3 is 2. The Balaban J connectivity index is 1.72. The quantitative estimate of drug-likeness (QED) is 0.403. The topological polar surface area (TPSA) is 119 Å². The van der Waals surface area contributed by atoms with E-state index < -0.39 is 23.5 Å². The number of rotatable bonds is 10. The van der Waals surface area contributed by atoms with Crippen molar-refractivity contribution in [2.45, 2.75) is 19.4 Å². The molecule has 9 heteroatoms. The summed E-state index contributed by atoms with van der Waals surface area (Å²) in [6, 6.07) is 12.1. The van der Waals surface area contributed by atoms with Crippen LogP contribution in [0.3, 0.4) is 0 Å². The van der Waals surface area contributed by atoms with Gasteiger partial charge in [-0.15, -0.1) is 0 Å². The normalized spacial score (nSPS) is 15.4. The van der Waals surface area contributed by atoms with Crippen molar-refractivity contribution in [3.8, 4) is 23.0 Å². The summed E-state index contributed by atoms with van der Waals surface area (Å²) in [7, 11) is 3.09. The highest BCUT2D eigenvalue weighted by atomic mass is 16.5. The summed E-state index contributed by atoms with van der Waals surface area (Å²) in [6.07, 6.45) is 1.76. The summed E-state index contributed by atoms with van der Waals surface area (Å²) in [5, 5.41) is 21.0. The molecule has 36 heavy (non-hydrogen) atoms. The molecule has 0 fully saturated rings. The molecule has 9 nitrogen and oxygen atoms in total. The summed E-state index contributed by atoms with van der Waals surface area (Å²) in [6.45, 7) is 2.27. The number of Topliss-reactive ketones (excluding diaryl/α,β-unsaturated/α-hetero) is 1. The summed E-state index contributed by atoms with van der Waals surface area (Å²) < 4.78 is 21.4. The van der Waals surface area contributed by atoms with Crippen LogP contribution >= 0.6 is 0 Å². The fourth-order valence-electron chi connectivity index (χ4n) is 4.26. The number of carbonyl (C=O) groups is 2. The predicted octanol–water partition coefficient (Wildman–Crippen LogP) is 4.22. The van der Waals surface area contributed by atoms with Crippen molar-refractivity contribution in [2.75, 3.05) is 27.4 Å². The third-order valence-corrected chi connectivity index (χ3v) is 5.98. The van der Waals surface area contributed by atoms with Crippen LogP contribution < -0.4 is 14.2 Å². The maximum absolute atomic E-state index is 13.3. The number of phenols is 1. The summed E-state index contributed by atoms with van der Waals surface area (Å²) in [5.41, 5.74) is 1.26. The lowest BCUT2D eigenvalue weighted by Crippen LogP contribution is -2.33. The van der Waals surface area contributed by atoms with Gasteiger partial charge in [0.2, 0.25) is 5.78 Å². The second kappa shape index (κ2) is 10.5. The highest BCUT2D eigenvalue weighted by molar-refractivity contribution is 6.15. The van der Waals surface area contributed by atoms with E-state index in [4.69, 9.17) is 18.6 Å². The Bertz CT molecular complexity index is 1300. The van der Waals surface area contributed by atoms with Crippen LogP contribution in [0, 0.1) is 0 Å². The molecule has 0 aliphatic carbocycles. The van der Waals surface area contributed by atoms with Gasteiger partial charge in [-0.05, 0) is 60.9 Å². The fraction of sp³-hybridized carbons (Fsp3) is 0.259. The lowest BCUT2D eigenvalue weighted by Gasteiger charge is -2.27. The number of ether oxygens (including phenoxy) is 3. The van der Waals surface area contributed by atoms with E-state index in [1.807, 2.05) is 12.1 Å². The van der Waals surface area contributed by atoms with Gasteiger partial charge in [0.25, 0.3) is 5.91 Å². The zero-order chi connectivity index (χ0) is 25.8. The molecule has 0 unspecified atom stereocenters. The Hall–Kier alpha value is -4.40. The van der Waals surface area contributed by atoms with E-state index in [2.05, 4.69) is 0 Å². The van der Waals surface area contributed by atoms with Crippen LogP contribution in [0.15, 0.2) is 70.5 Å². The first-order valence-corrected chi connectivity index (χ1v) is 11.4. The van der Waals surface area contributed by atoms with Crippen molar-refractivity contribution in [2.24, 2.45) is 0 Å². The number of aliphatic hydroxyl groups is 1. The average Bonchev–Trinajstić information content (AvgIpc) is 3.51. The first-order chi connectivity index (χ1) is 17.4. The Labute approximate surface area is 208 Å². The molecule has 3 aromatic rings. The molecule has 2 aromatic carbocycles. The maximum atomic E-state index is 13.3. The number of furan rings is 1. The van der Waals surface area contributed by atoms with Crippen molar-refractivity contribution in [1.82, 2.24) is 4.90 Å². The zero-order valence-electron chi connectivity index (χ0n) is 20.2. The molecule has 1 aliphatic rings. The van der Waals surface area contributed by atoms with Gasteiger partial charge in [-0.25, -0.2) is 0 Å². The fourth-order valence-corrected chi connectivity index (χ4v) is 4.26. The van der Waals surface area contributed by atoms with Crippen LogP contribution in [0.1, 0.15) is 34.6 Å². The average molecular weight is 494 g/mol. The van der Waals surface area contributed by atoms with Crippen molar-refractivity contribution in [3.05, 3.63) is 83.0 Å². The molecule has 188 valence electrons. The second-order valence-corrected chi connectivity index (χ2v) is 8.07. The van der Waals surface area contributed by atoms with E-state index in [1.54, 1.807) is 38.3 Å². The first-order valence-electron chi connectivity index (χ1n) is 11.4. The number of hydrogen-bond acceptors (Lipinski definition) is 8. The number of carbonyl (C=O) groups excluding carboxylic acids is 2. The van der Waals surface area contributed by atoms with E-state index in [-0.39, 0.29) is 29.4 Å². The van der Waals surface area contributed by atoms with E-state index in [1.165, 1.54) is 30.4 Å². The smallest absolute Gasteiger partial charge is 0.290 e. The molecule has 0 bridgehead atoms. The Morgan fingerprint density at radius 2 is 1.81 bits per heavy atom. The van der Waals surface area contributed by atoms with E-state index in [0.29, 0.717) is 30.1 Å². The van der Waals surface area contributed by atoms with Crippen molar-refractivity contribution in [3.63, 3.8) is 0 Å². The minimum Gasteiger partial charge on any atom is -0.504 e. The molecule has 2 N–H and O–H groups in total. The van der Waals surface area contributed by atoms with Crippen LogP contribution in [-0.4, -0.2) is 54.2 Å². The van der Waals surface area contributed by atoms with Gasteiger partial charge in [0.05, 0.1) is 38.7 Å². The highest BCUT2D eigenvalue weighted by Gasteiger charge is 2.44. The minimum atomic E-state index is -0.921. The molecular formula is C27H27NO8. The lowest BCUT2D eigenvalue weighted by molar-refractivity contribution is -0.129. The molecule has 0 saturated carbocycles. The summed E-state index contributed by atoms with van der Waals surface area (Å²) >= 11 is 0. The van der Waals surface area contributed by atoms with Gasteiger partial charge in [-0.1, -0.05) is 12.1 Å². The van der Waals surface area contributed by atoms with Gasteiger partial charge >= 0.3 is 0 Å². The number of hydrogen-bond donors (Lipinski definition) is 2. The van der Waals surface area contributed by atoms with Crippen molar-refractivity contribution >= 4 is 11.7 Å². The van der Waals surface area contributed by atoms with Gasteiger partial charge < -0.3 is 33.7 Å². The van der Waals surface area contributed by atoms with Crippen LogP contribution in [0.5, 0.6) is 23.0 Å². The molecule has 1 atom stereocenters. The second-order valence-electron chi connectivity index (χ2n) is 8.07. The van der Waals surface area contributed by atoms with Crippen LogP contribution in [0.4, 0.5) is 0 Å². The Morgan fingerprint density at radius 3 is 2.47 bits per heavy atom. The Morgan fingerprint density at radius 1 is 1.03 bits per heavy atom. The predicted molar refractivity (Wildman–Crippen MR) is 130 cm³/mol. The lowest BCUT2D eigenvalue weighted by atomic mass is 9.94. The highest BCUT2D eigenvalue weighted by Crippen LogP contribution is 2.41. The number of amides is 1. The van der Waals surface area contributed by atoms with Gasteiger partial charge in [0.15, 0.2) is 34.5 Å². The van der Waals surface area contributed by atoms with E-state index in [9.17, 15) is 19.8 Å². The van der Waals surface area contributed by atoms with Crippen LogP contribution in [0.25, 0.3) is 0 Å². The van der Waals surface area contributed by atoms with Gasteiger partial charge in [0.1, 0.15) is 0 Å². The van der Waals surface area contributed by atoms with Gasteiger partial charge in [0, 0.05) is 6.54 Å². The molecule has 1 aromatic heterocycles. The number of ketones is 1. The minimum absolute atomic E-state index is 0.0000919. The number of benzene rings is 2. The number of phenolic OH excluding ortho intramolecular Hbond substituents is 1. The van der Waals surface area contributed by atoms with Crippen molar-refractivity contribution < 1.29 is 38.4 Å². The standard InChI is InChI=1S/C27H27NO8/c1-4-35-21-15-17(8-9-18(21)29)24-23(25(30)20-6-5-13-36-20)26(31)27(32)28(24)12-11-16-7-10-19(33-2)22(14-16)34-3/h5-10,13-15,24,29,31H,4,11-12H2,1-3H3/t24-/m1/s1. The largest absolute Gasteiger partial charge is 0.504 e. The number of aliphatic hydroxyl groups excluding tert-OH is 1. The first kappa shape index (κ1) is 24.7. The van der Waals surface area contributed by atoms with Crippen LogP contribution in [0.2, 0.25) is 0 Å². The van der Waals surface area contributed by atoms with Crippen molar-refractivity contribution in [1.29, 1.82) is 0 Å². The number of aromatic hydroxyl groups is 1. The number of nitrogens with zero attached hydrogens (tertiary/aromatic N) is 1. The summed E-state index contributed by atoms with van der Waals surface area (Å²) in [4.78, 5) is 27.9. The third kappa shape index (κ3) is 4.59. The zero-order valence-corrected chi connectivity index (χ0v) is 20.2. The third-order valence-electron chi connectivity index (χ3n) is 5.98. The SMILES string of the molecule is CCOc1cc([C@@H]2C(C(=O)c3ccco3)=C(O)C(=O)N2CCc2ccc(OC)c(OC)c2)ccc1O. The molecule has 4 rings (SSSR count). The Kier molecular flexibility index (Phi) is 7.19.